The highest BCUT2D eigenvalue weighted by Crippen LogP contribution is 1.96. The van der Waals surface area contributed by atoms with Crippen molar-refractivity contribution in [3.8, 4) is 0 Å². The van der Waals surface area contributed by atoms with Crippen LogP contribution in [0.25, 0.3) is 0 Å². The van der Waals surface area contributed by atoms with E-state index in [1.165, 1.54) is 0 Å². The van der Waals surface area contributed by atoms with E-state index in [1.54, 1.807) is 6.42 Å². The average Bonchev–Trinajstić information content (AvgIpc) is 2.01. The second-order valence-corrected chi connectivity index (χ2v) is 2.63. The van der Waals surface area contributed by atoms with Crippen molar-refractivity contribution in [1.29, 1.82) is 0 Å². The van der Waals surface area contributed by atoms with Crippen LogP contribution in [0.4, 0.5) is 0 Å². The van der Waals surface area contributed by atoms with Crippen molar-refractivity contribution in [1.82, 2.24) is 5.32 Å². The van der Waals surface area contributed by atoms with Crippen LogP contribution in [0, 0.1) is 6.42 Å². The quantitative estimate of drug-likeness (QED) is 0.647. The molecule has 2 nitrogen and oxygen atoms in total. The lowest BCUT2D eigenvalue weighted by Crippen LogP contribution is -2.33. The smallest absolute Gasteiger partial charge is 0.224 e. The zero-order chi connectivity index (χ0) is 8.69. The first-order valence-corrected chi connectivity index (χ1v) is 4.38. The predicted octanol–water partition coefficient (Wildman–Crippen LogP) is 1.91. The number of hydrogen-bond donors (Lipinski definition) is 1. The van der Waals surface area contributed by atoms with Gasteiger partial charge in [0.05, 0.1) is 0 Å². The number of amides is 1. The molecule has 0 saturated carbocycles. The molecular weight excluding hydrogens is 138 g/mol. The van der Waals surface area contributed by atoms with E-state index in [-0.39, 0.29) is 5.91 Å². The molecule has 2 heteroatoms. The minimum Gasteiger partial charge on any atom is -0.353 e. The molecule has 0 rings (SSSR count). The fraction of sp³-hybridized carbons (Fsp3) is 0.778. The van der Waals surface area contributed by atoms with Crippen molar-refractivity contribution in [3.63, 3.8) is 0 Å². The lowest BCUT2D eigenvalue weighted by atomic mass is 10.1. The van der Waals surface area contributed by atoms with Crippen LogP contribution in [0.5, 0.6) is 0 Å². The van der Waals surface area contributed by atoms with Crippen LogP contribution in [0.2, 0.25) is 0 Å². The van der Waals surface area contributed by atoms with Gasteiger partial charge in [0, 0.05) is 12.5 Å². The van der Waals surface area contributed by atoms with E-state index in [2.05, 4.69) is 19.2 Å². The Balaban J connectivity index is 3.54. The van der Waals surface area contributed by atoms with Gasteiger partial charge < -0.3 is 5.32 Å². The number of carbonyl (C=O) groups excluding carboxylic acids is 1. The van der Waals surface area contributed by atoms with Crippen molar-refractivity contribution in [3.05, 3.63) is 6.42 Å². The summed E-state index contributed by atoms with van der Waals surface area (Å²) in [5.41, 5.74) is 0. The van der Waals surface area contributed by atoms with Crippen molar-refractivity contribution < 1.29 is 4.79 Å². The number of carbonyl (C=O) groups is 1. The largest absolute Gasteiger partial charge is 0.353 e. The molecule has 11 heavy (non-hydrogen) atoms. The minimum absolute atomic E-state index is 0.0706. The predicted molar refractivity (Wildman–Crippen MR) is 47.1 cm³/mol. The fourth-order valence-electron chi connectivity index (χ4n) is 0.938. The first-order valence-electron chi connectivity index (χ1n) is 4.38. The Morgan fingerprint density at radius 2 is 1.91 bits per heavy atom. The van der Waals surface area contributed by atoms with Crippen molar-refractivity contribution >= 4 is 5.91 Å². The van der Waals surface area contributed by atoms with Gasteiger partial charge >= 0.3 is 0 Å². The van der Waals surface area contributed by atoms with Crippen molar-refractivity contribution in [2.24, 2.45) is 0 Å². The molecule has 65 valence electrons. The maximum absolute atomic E-state index is 11.0. The standard InChI is InChI=1S/C9H18NO/c1-4-7-9(11)10-8(5-2)6-3/h7-8H,4-6H2,1-3H3,(H,10,11). The molecule has 0 aliphatic heterocycles. The van der Waals surface area contributed by atoms with Crippen LogP contribution in [-0.2, 0) is 4.79 Å². The van der Waals surface area contributed by atoms with Crippen LogP contribution in [0.15, 0.2) is 0 Å². The fourth-order valence-corrected chi connectivity index (χ4v) is 0.938. The maximum Gasteiger partial charge on any atom is 0.224 e. The molecule has 1 N–H and O–H groups in total. The van der Waals surface area contributed by atoms with Crippen molar-refractivity contribution in [2.75, 3.05) is 0 Å². The maximum atomic E-state index is 11.0. The first-order chi connectivity index (χ1) is 5.24. The molecule has 0 unspecified atom stereocenters. The average molecular weight is 156 g/mol. The molecule has 0 atom stereocenters. The highest BCUT2D eigenvalue weighted by Gasteiger charge is 2.06. The SMILES string of the molecule is CC[CH]C(=O)NC(CC)CC. The normalized spacial score (nSPS) is 10.2. The van der Waals surface area contributed by atoms with Gasteiger partial charge in [-0.3, -0.25) is 4.79 Å². The highest BCUT2D eigenvalue weighted by atomic mass is 16.1. The molecule has 0 aliphatic rings. The molecule has 0 aliphatic carbocycles. The first kappa shape index (κ1) is 10.5. The second kappa shape index (κ2) is 6.20. The van der Waals surface area contributed by atoms with E-state index in [0.717, 1.165) is 19.3 Å². The number of nitrogens with one attached hydrogen (secondary N) is 1. The molecular formula is C9H18NO. The second-order valence-electron chi connectivity index (χ2n) is 2.63. The summed E-state index contributed by atoms with van der Waals surface area (Å²) in [4.78, 5) is 11.0. The van der Waals surface area contributed by atoms with Gasteiger partial charge in [0.25, 0.3) is 0 Å². The molecule has 0 bridgehead atoms. The van der Waals surface area contributed by atoms with Gasteiger partial charge in [0.15, 0.2) is 0 Å². The Bertz CT molecular complexity index is 108. The zero-order valence-corrected chi connectivity index (χ0v) is 7.68. The third-order valence-corrected chi connectivity index (χ3v) is 1.72. The Morgan fingerprint density at radius 3 is 2.27 bits per heavy atom. The van der Waals surface area contributed by atoms with Gasteiger partial charge in [-0.05, 0) is 19.3 Å². The topological polar surface area (TPSA) is 29.1 Å². The molecule has 0 aromatic carbocycles. The Hall–Kier alpha value is -0.530. The van der Waals surface area contributed by atoms with E-state index < -0.39 is 0 Å². The van der Waals surface area contributed by atoms with Crippen LogP contribution in [0.1, 0.15) is 40.0 Å². The van der Waals surface area contributed by atoms with Crippen LogP contribution in [-0.4, -0.2) is 11.9 Å². The molecule has 0 heterocycles. The molecule has 1 amide bonds. The monoisotopic (exact) mass is 156 g/mol. The summed E-state index contributed by atoms with van der Waals surface area (Å²) in [6, 6.07) is 0.352. The summed E-state index contributed by atoms with van der Waals surface area (Å²) in [5, 5.41) is 2.92. The van der Waals surface area contributed by atoms with Gasteiger partial charge in [-0.15, -0.1) is 0 Å². The van der Waals surface area contributed by atoms with E-state index in [9.17, 15) is 4.79 Å². The van der Waals surface area contributed by atoms with Crippen LogP contribution < -0.4 is 5.32 Å². The van der Waals surface area contributed by atoms with E-state index in [4.69, 9.17) is 0 Å². The lowest BCUT2D eigenvalue weighted by Gasteiger charge is -2.13. The molecule has 0 aromatic heterocycles. The third kappa shape index (κ3) is 4.82. The van der Waals surface area contributed by atoms with Crippen LogP contribution in [0.3, 0.4) is 0 Å². The Kier molecular flexibility index (Phi) is 5.90. The lowest BCUT2D eigenvalue weighted by molar-refractivity contribution is -0.118. The van der Waals surface area contributed by atoms with E-state index in [1.807, 2.05) is 6.92 Å². The Labute approximate surface area is 69.4 Å². The zero-order valence-electron chi connectivity index (χ0n) is 7.68. The van der Waals surface area contributed by atoms with Gasteiger partial charge in [-0.25, -0.2) is 0 Å². The van der Waals surface area contributed by atoms with Gasteiger partial charge in [0.2, 0.25) is 5.91 Å². The highest BCUT2D eigenvalue weighted by molar-refractivity contribution is 5.84. The van der Waals surface area contributed by atoms with Gasteiger partial charge in [0.1, 0.15) is 0 Å². The summed E-state index contributed by atoms with van der Waals surface area (Å²) < 4.78 is 0. The third-order valence-electron chi connectivity index (χ3n) is 1.72. The van der Waals surface area contributed by atoms with Gasteiger partial charge in [-0.1, -0.05) is 20.8 Å². The molecule has 0 aromatic rings. The minimum atomic E-state index is 0.0706. The number of hydrogen-bond acceptors (Lipinski definition) is 1. The Morgan fingerprint density at radius 1 is 1.36 bits per heavy atom. The summed E-state index contributed by atoms with van der Waals surface area (Å²) in [6.45, 7) is 6.13. The number of rotatable bonds is 5. The summed E-state index contributed by atoms with van der Waals surface area (Å²) >= 11 is 0. The van der Waals surface area contributed by atoms with Crippen LogP contribution >= 0.6 is 0 Å². The molecule has 0 fully saturated rings. The van der Waals surface area contributed by atoms with Crippen molar-refractivity contribution in [2.45, 2.75) is 46.1 Å². The molecule has 0 spiro atoms. The molecule has 1 radical (unpaired) electrons. The van der Waals surface area contributed by atoms with E-state index >= 15 is 0 Å². The summed E-state index contributed by atoms with van der Waals surface area (Å²) in [6.07, 6.45) is 4.52. The van der Waals surface area contributed by atoms with Gasteiger partial charge in [-0.2, -0.15) is 0 Å². The van der Waals surface area contributed by atoms with E-state index in [0.29, 0.717) is 6.04 Å². The summed E-state index contributed by atoms with van der Waals surface area (Å²) in [5.74, 6) is 0.0706. The summed E-state index contributed by atoms with van der Waals surface area (Å²) in [7, 11) is 0. The molecule has 0 saturated heterocycles.